The van der Waals surface area contributed by atoms with E-state index in [-0.39, 0.29) is 23.9 Å². The molecule has 0 N–H and O–H groups in total. The molecule has 1 aromatic carbocycles. The Morgan fingerprint density at radius 3 is 2.93 bits per heavy atom. The van der Waals surface area contributed by atoms with Gasteiger partial charge in [0, 0.05) is 30.3 Å². The van der Waals surface area contributed by atoms with Crippen molar-refractivity contribution in [2.45, 2.75) is 17.6 Å². The Morgan fingerprint density at radius 1 is 1.31 bits per heavy atom. The van der Waals surface area contributed by atoms with Gasteiger partial charge in [0.15, 0.2) is 10.8 Å². The fourth-order valence-corrected chi connectivity index (χ4v) is 5.04. The summed E-state index contributed by atoms with van der Waals surface area (Å²) in [5.41, 5.74) is 1.07. The number of amides is 1. The molecule has 1 fully saturated rings. The number of morpholine rings is 1. The zero-order valence-electron chi connectivity index (χ0n) is 15.5. The Hall–Kier alpha value is -2.36. The molecule has 0 spiro atoms. The van der Waals surface area contributed by atoms with Crippen molar-refractivity contribution in [3.63, 3.8) is 0 Å². The summed E-state index contributed by atoms with van der Waals surface area (Å²) in [5.74, 6) is 0.698. The first-order valence-electron chi connectivity index (χ1n) is 9.36. The third kappa shape index (κ3) is 3.33. The van der Waals surface area contributed by atoms with Crippen molar-refractivity contribution < 1.29 is 9.53 Å². The smallest absolute Gasteiger partial charge is 0.265 e. The molecule has 150 valence electrons. The molecule has 0 bridgehead atoms. The van der Waals surface area contributed by atoms with E-state index in [4.69, 9.17) is 21.3 Å². The molecule has 8 nitrogen and oxygen atoms in total. The van der Waals surface area contributed by atoms with Crippen LogP contribution in [0.4, 0.5) is 0 Å². The van der Waals surface area contributed by atoms with Gasteiger partial charge in [-0.1, -0.05) is 29.4 Å². The van der Waals surface area contributed by atoms with Crippen LogP contribution in [0.2, 0.25) is 5.02 Å². The zero-order chi connectivity index (χ0) is 20.0. The highest BCUT2D eigenvalue weighted by atomic mass is 35.5. The van der Waals surface area contributed by atoms with Gasteiger partial charge in [-0.3, -0.25) is 14.2 Å². The molecule has 0 aliphatic carbocycles. The maximum atomic E-state index is 13.2. The van der Waals surface area contributed by atoms with Crippen molar-refractivity contribution in [2.24, 2.45) is 0 Å². The van der Waals surface area contributed by atoms with Gasteiger partial charge < -0.3 is 9.64 Å². The van der Waals surface area contributed by atoms with Crippen molar-refractivity contribution in [1.29, 1.82) is 0 Å². The lowest BCUT2D eigenvalue weighted by Crippen LogP contribution is -2.42. The Kier molecular flexibility index (Phi) is 4.81. The number of nitrogens with zero attached hydrogens (tertiary/aromatic N) is 5. The SMILES string of the molecule is O=C(C[C@@H]1CSc2nc3c(cnn3-c3cccc(Cl)c3)c(=O)n21)N1CCOCC1. The van der Waals surface area contributed by atoms with E-state index in [9.17, 15) is 9.59 Å². The predicted octanol–water partition coefficient (Wildman–Crippen LogP) is 2.13. The number of ether oxygens (including phenoxy) is 1. The largest absolute Gasteiger partial charge is 0.378 e. The maximum absolute atomic E-state index is 13.2. The molecule has 2 aliphatic heterocycles. The molecule has 0 radical (unpaired) electrons. The highest BCUT2D eigenvalue weighted by Crippen LogP contribution is 2.34. The molecule has 1 atom stereocenters. The molecule has 29 heavy (non-hydrogen) atoms. The summed E-state index contributed by atoms with van der Waals surface area (Å²) in [7, 11) is 0. The van der Waals surface area contributed by atoms with Crippen molar-refractivity contribution in [1.82, 2.24) is 24.2 Å². The second-order valence-electron chi connectivity index (χ2n) is 7.01. The van der Waals surface area contributed by atoms with Crippen LogP contribution >= 0.6 is 23.4 Å². The number of benzene rings is 1. The van der Waals surface area contributed by atoms with Crippen LogP contribution in [0.5, 0.6) is 0 Å². The van der Waals surface area contributed by atoms with Crippen LogP contribution in [-0.4, -0.2) is 62.2 Å². The Balaban J connectivity index is 1.49. The number of carbonyl (C=O) groups is 1. The summed E-state index contributed by atoms with van der Waals surface area (Å²) in [6.07, 6.45) is 1.82. The Morgan fingerprint density at radius 2 is 2.14 bits per heavy atom. The number of thioether (sulfide) groups is 1. The number of aromatic nitrogens is 4. The minimum absolute atomic E-state index is 0.0494. The molecule has 10 heteroatoms. The topological polar surface area (TPSA) is 82.2 Å². The first-order valence-corrected chi connectivity index (χ1v) is 10.7. The zero-order valence-corrected chi connectivity index (χ0v) is 17.0. The number of carbonyl (C=O) groups excluding carboxylic acids is 1. The third-order valence-corrected chi connectivity index (χ3v) is 6.53. The standard InChI is InChI=1S/C19H18ClN5O3S/c20-12-2-1-3-13(8-12)25-17-15(10-21-25)18(27)24-14(11-29-19(24)22-17)9-16(26)23-4-6-28-7-5-23/h1-3,8,10,14H,4-7,9,11H2/t14-/m1/s1. The van der Waals surface area contributed by atoms with E-state index in [1.54, 1.807) is 26.3 Å². The summed E-state index contributed by atoms with van der Waals surface area (Å²) < 4.78 is 8.58. The van der Waals surface area contributed by atoms with E-state index in [0.717, 1.165) is 5.69 Å². The van der Waals surface area contributed by atoms with E-state index >= 15 is 0 Å². The van der Waals surface area contributed by atoms with Crippen LogP contribution in [0, 0.1) is 0 Å². The fraction of sp³-hybridized carbons (Fsp3) is 0.368. The van der Waals surface area contributed by atoms with Gasteiger partial charge in [0.25, 0.3) is 5.56 Å². The summed E-state index contributed by atoms with van der Waals surface area (Å²) >= 11 is 7.59. The second kappa shape index (κ2) is 7.47. The third-order valence-electron chi connectivity index (χ3n) is 5.20. The van der Waals surface area contributed by atoms with Gasteiger partial charge in [0.2, 0.25) is 5.91 Å². The first kappa shape index (κ1) is 18.7. The molecular formula is C19H18ClN5O3S. The van der Waals surface area contributed by atoms with Gasteiger partial charge in [0.05, 0.1) is 31.1 Å². The highest BCUT2D eigenvalue weighted by Gasteiger charge is 2.31. The highest BCUT2D eigenvalue weighted by molar-refractivity contribution is 7.99. The molecule has 3 aromatic rings. The number of fused-ring (bicyclic) bond motifs is 2. The molecule has 0 unspecified atom stereocenters. The van der Waals surface area contributed by atoms with E-state index in [1.165, 1.54) is 18.0 Å². The molecule has 2 aliphatic rings. The molecule has 5 rings (SSSR count). The van der Waals surface area contributed by atoms with Crippen LogP contribution in [0.25, 0.3) is 16.7 Å². The quantitative estimate of drug-likeness (QED) is 0.591. The summed E-state index contributed by atoms with van der Waals surface area (Å²) in [6.45, 7) is 2.33. The Labute approximate surface area is 175 Å². The lowest BCUT2D eigenvalue weighted by molar-refractivity contribution is -0.135. The van der Waals surface area contributed by atoms with Gasteiger partial charge in [-0.05, 0) is 18.2 Å². The Bertz CT molecular complexity index is 1150. The van der Waals surface area contributed by atoms with E-state index in [0.29, 0.717) is 53.3 Å². The lowest BCUT2D eigenvalue weighted by atomic mass is 10.2. The molecule has 0 saturated carbocycles. The van der Waals surface area contributed by atoms with Crippen LogP contribution in [0.3, 0.4) is 0 Å². The molecule has 1 amide bonds. The van der Waals surface area contributed by atoms with Crippen LogP contribution in [-0.2, 0) is 9.53 Å². The normalized spacial score (nSPS) is 18.9. The molecular weight excluding hydrogens is 414 g/mol. The monoisotopic (exact) mass is 431 g/mol. The average Bonchev–Trinajstić information content (AvgIpc) is 3.34. The lowest BCUT2D eigenvalue weighted by Gasteiger charge is -2.28. The van der Waals surface area contributed by atoms with Gasteiger partial charge in [-0.25, -0.2) is 9.67 Å². The van der Waals surface area contributed by atoms with E-state index in [1.807, 2.05) is 12.1 Å². The molecule has 4 heterocycles. The minimum atomic E-state index is -0.204. The minimum Gasteiger partial charge on any atom is -0.378 e. The molecule has 2 aromatic heterocycles. The van der Waals surface area contributed by atoms with Crippen LogP contribution in [0.1, 0.15) is 12.5 Å². The number of halogens is 1. The first-order chi connectivity index (χ1) is 14.1. The fourth-order valence-electron chi connectivity index (χ4n) is 3.72. The summed E-state index contributed by atoms with van der Waals surface area (Å²) in [5, 5.41) is 5.98. The maximum Gasteiger partial charge on any atom is 0.265 e. The van der Waals surface area contributed by atoms with Gasteiger partial charge >= 0.3 is 0 Å². The van der Waals surface area contributed by atoms with Crippen LogP contribution in [0.15, 0.2) is 40.4 Å². The molecule has 1 saturated heterocycles. The van der Waals surface area contributed by atoms with Crippen molar-refractivity contribution in [3.05, 3.63) is 45.8 Å². The van der Waals surface area contributed by atoms with Crippen LogP contribution < -0.4 is 5.56 Å². The van der Waals surface area contributed by atoms with Crippen molar-refractivity contribution in [3.8, 4) is 5.69 Å². The number of hydrogen-bond acceptors (Lipinski definition) is 6. The number of hydrogen-bond donors (Lipinski definition) is 0. The summed E-state index contributed by atoms with van der Waals surface area (Å²) in [6, 6.07) is 7.04. The number of rotatable bonds is 3. The van der Waals surface area contributed by atoms with Gasteiger partial charge in [0.1, 0.15) is 5.39 Å². The summed E-state index contributed by atoms with van der Waals surface area (Å²) in [4.78, 5) is 32.3. The van der Waals surface area contributed by atoms with E-state index < -0.39 is 0 Å². The van der Waals surface area contributed by atoms with Crippen molar-refractivity contribution in [2.75, 3.05) is 32.1 Å². The average molecular weight is 432 g/mol. The van der Waals surface area contributed by atoms with Gasteiger partial charge in [-0.2, -0.15) is 5.10 Å². The van der Waals surface area contributed by atoms with Gasteiger partial charge in [-0.15, -0.1) is 0 Å². The predicted molar refractivity (Wildman–Crippen MR) is 110 cm³/mol. The van der Waals surface area contributed by atoms with Crippen molar-refractivity contribution >= 4 is 40.3 Å². The van der Waals surface area contributed by atoms with E-state index in [2.05, 4.69) is 5.10 Å². The second-order valence-corrected chi connectivity index (χ2v) is 8.43.